The minimum absolute atomic E-state index is 0.254. The number of nitrogens with zero attached hydrogens (tertiary/aromatic N) is 6. The number of imidazole rings is 1. The lowest BCUT2D eigenvalue weighted by molar-refractivity contribution is -0.140. The van der Waals surface area contributed by atoms with Crippen LogP contribution < -0.4 is 0 Å². The minimum Gasteiger partial charge on any atom is -0.290 e. The molecule has 2 aromatic carbocycles. The highest BCUT2D eigenvalue weighted by Gasteiger charge is 2.33. The first-order valence-electron chi connectivity index (χ1n) is 10.3. The molecule has 194 valence electrons. The standard InChI is InChI=1S/C14H7Cl2F3N4.C10H5Cl3N2/c15-9-2-1-8(3-10(9)16)11-4-13(21-6-20-11)23-5-12(22-7-23)14(17,18)19;11-7-2-1-6(3-8(7)12)9-4-10(13)15-5-14-9/h1-7H;1-5H. The Hall–Kier alpha value is -2.95. The largest absolute Gasteiger partial charge is 0.434 e. The van der Waals surface area contributed by atoms with Gasteiger partial charge in [-0.15, -0.1) is 0 Å². The summed E-state index contributed by atoms with van der Waals surface area (Å²) in [5.41, 5.74) is 1.74. The van der Waals surface area contributed by atoms with Crippen LogP contribution in [0, 0.1) is 0 Å². The van der Waals surface area contributed by atoms with Crippen LogP contribution in [-0.4, -0.2) is 29.5 Å². The highest BCUT2D eigenvalue weighted by molar-refractivity contribution is 6.42. The summed E-state index contributed by atoms with van der Waals surface area (Å²) < 4.78 is 39.0. The molecule has 0 radical (unpaired) electrons. The summed E-state index contributed by atoms with van der Waals surface area (Å²) >= 11 is 29.3. The van der Waals surface area contributed by atoms with Crippen LogP contribution in [0.3, 0.4) is 0 Å². The molecule has 0 unspecified atom stereocenters. The fourth-order valence-corrected chi connectivity index (χ4v) is 3.79. The van der Waals surface area contributed by atoms with E-state index >= 15 is 0 Å². The Kier molecular flexibility index (Phi) is 8.74. The molecule has 3 aromatic heterocycles. The maximum Gasteiger partial charge on any atom is 0.434 e. The van der Waals surface area contributed by atoms with E-state index in [9.17, 15) is 13.2 Å². The lowest BCUT2D eigenvalue weighted by Gasteiger charge is -2.06. The SMILES string of the molecule is Clc1cc(-c2ccc(Cl)c(Cl)c2)ncn1.FC(F)(F)c1cn(-c2cc(-c3ccc(Cl)c(Cl)c3)ncn2)cn1. The van der Waals surface area contributed by atoms with Crippen molar-refractivity contribution in [3.05, 3.63) is 105 Å². The Balaban J connectivity index is 0.000000194. The van der Waals surface area contributed by atoms with E-state index in [0.717, 1.165) is 18.1 Å². The van der Waals surface area contributed by atoms with Crippen LogP contribution >= 0.6 is 58.0 Å². The topological polar surface area (TPSA) is 69.4 Å². The third-order valence-electron chi connectivity index (χ3n) is 4.85. The van der Waals surface area contributed by atoms with Crippen molar-refractivity contribution in [3.8, 4) is 28.3 Å². The summed E-state index contributed by atoms with van der Waals surface area (Å²) in [7, 11) is 0. The first-order valence-corrected chi connectivity index (χ1v) is 12.2. The van der Waals surface area contributed by atoms with Crippen LogP contribution in [0.1, 0.15) is 5.69 Å². The maximum absolute atomic E-state index is 12.6. The van der Waals surface area contributed by atoms with Crippen molar-refractivity contribution in [1.82, 2.24) is 29.5 Å². The molecule has 38 heavy (non-hydrogen) atoms. The summed E-state index contributed by atoms with van der Waals surface area (Å²) in [6.45, 7) is 0. The second-order valence-corrected chi connectivity index (χ2v) is 9.43. The Morgan fingerprint density at radius 3 is 1.66 bits per heavy atom. The summed E-state index contributed by atoms with van der Waals surface area (Å²) in [6.07, 6.45) is 0.0517. The molecule has 0 aliphatic heterocycles. The van der Waals surface area contributed by atoms with E-state index in [-0.39, 0.29) is 5.82 Å². The van der Waals surface area contributed by atoms with Crippen molar-refractivity contribution in [3.63, 3.8) is 0 Å². The smallest absolute Gasteiger partial charge is 0.290 e. The molecule has 5 rings (SSSR count). The van der Waals surface area contributed by atoms with E-state index in [0.29, 0.717) is 42.2 Å². The van der Waals surface area contributed by atoms with Crippen LogP contribution in [0.25, 0.3) is 28.3 Å². The van der Waals surface area contributed by atoms with Gasteiger partial charge in [-0.05, 0) is 24.3 Å². The van der Waals surface area contributed by atoms with Crippen LogP contribution in [0.4, 0.5) is 13.2 Å². The highest BCUT2D eigenvalue weighted by atomic mass is 35.5. The van der Waals surface area contributed by atoms with Gasteiger partial charge in [0, 0.05) is 29.5 Å². The number of halogens is 8. The van der Waals surface area contributed by atoms with Gasteiger partial charge in [0.2, 0.25) is 0 Å². The summed E-state index contributed by atoms with van der Waals surface area (Å²) in [5.74, 6) is 0.254. The zero-order chi connectivity index (χ0) is 27.4. The van der Waals surface area contributed by atoms with Gasteiger partial charge in [0.05, 0.1) is 31.5 Å². The predicted octanol–water partition coefficient (Wildman–Crippen LogP) is 8.76. The van der Waals surface area contributed by atoms with Crippen molar-refractivity contribution in [2.75, 3.05) is 0 Å². The van der Waals surface area contributed by atoms with Gasteiger partial charge in [-0.3, -0.25) is 4.57 Å². The summed E-state index contributed by atoms with van der Waals surface area (Å²) in [5, 5.41) is 2.15. The van der Waals surface area contributed by atoms with Crippen molar-refractivity contribution in [2.45, 2.75) is 6.18 Å². The highest BCUT2D eigenvalue weighted by Crippen LogP contribution is 2.30. The molecule has 0 atom stereocenters. The molecular formula is C24H12Cl5F3N6. The molecule has 0 fully saturated rings. The molecular weight excluding hydrogens is 607 g/mol. The van der Waals surface area contributed by atoms with E-state index in [1.807, 2.05) is 6.07 Å². The first-order chi connectivity index (χ1) is 18.0. The summed E-state index contributed by atoms with van der Waals surface area (Å²) in [4.78, 5) is 19.3. The van der Waals surface area contributed by atoms with E-state index < -0.39 is 11.9 Å². The lowest BCUT2D eigenvalue weighted by atomic mass is 10.1. The van der Waals surface area contributed by atoms with Crippen molar-refractivity contribution in [1.29, 1.82) is 0 Å². The molecule has 0 aliphatic rings. The van der Waals surface area contributed by atoms with Gasteiger partial charge in [-0.25, -0.2) is 24.9 Å². The van der Waals surface area contributed by atoms with Crippen LogP contribution in [0.2, 0.25) is 25.2 Å². The molecule has 0 amide bonds. The second kappa shape index (κ2) is 11.8. The van der Waals surface area contributed by atoms with Crippen LogP contribution in [0.15, 0.2) is 73.7 Å². The van der Waals surface area contributed by atoms with Gasteiger partial charge in [0.25, 0.3) is 0 Å². The molecule has 3 heterocycles. The zero-order valence-electron chi connectivity index (χ0n) is 18.6. The third kappa shape index (κ3) is 6.92. The van der Waals surface area contributed by atoms with Crippen molar-refractivity contribution < 1.29 is 13.2 Å². The maximum atomic E-state index is 12.6. The van der Waals surface area contributed by atoms with Crippen molar-refractivity contribution >= 4 is 58.0 Å². The number of hydrogen-bond donors (Lipinski definition) is 0. The van der Waals surface area contributed by atoms with E-state index in [2.05, 4.69) is 24.9 Å². The number of benzene rings is 2. The van der Waals surface area contributed by atoms with Gasteiger partial charge in [0.1, 0.15) is 30.0 Å². The first kappa shape index (κ1) is 28.1. The Morgan fingerprint density at radius 1 is 0.605 bits per heavy atom. The Labute approximate surface area is 239 Å². The van der Waals surface area contributed by atoms with Crippen LogP contribution in [-0.2, 0) is 6.18 Å². The molecule has 0 aliphatic carbocycles. The van der Waals surface area contributed by atoms with Gasteiger partial charge < -0.3 is 0 Å². The van der Waals surface area contributed by atoms with Crippen molar-refractivity contribution in [2.24, 2.45) is 0 Å². The normalized spacial score (nSPS) is 11.2. The van der Waals surface area contributed by atoms with E-state index in [1.54, 1.807) is 36.4 Å². The fraction of sp³-hybridized carbons (Fsp3) is 0.0417. The third-order valence-corrected chi connectivity index (χ3v) is 6.54. The molecule has 5 aromatic rings. The molecule has 6 nitrogen and oxygen atoms in total. The molecule has 0 saturated carbocycles. The van der Waals surface area contributed by atoms with Crippen LogP contribution in [0.5, 0.6) is 0 Å². The predicted molar refractivity (Wildman–Crippen MR) is 142 cm³/mol. The number of alkyl halides is 3. The molecule has 0 spiro atoms. The quantitative estimate of drug-likeness (QED) is 0.189. The molecule has 0 saturated heterocycles. The number of rotatable bonds is 3. The monoisotopic (exact) mass is 616 g/mol. The van der Waals surface area contributed by atoms with Gasteiger partial charge in [0.15, 0.2) is 5.69 Å². The van der Waals surface area contributed by atoms with E-state index in [1.165, 1.54) is 23.3 Å². The molecule has 14 heteroatoms. The molecule has 0 bridgehead atoms. The average Bonchev–Trinajstić information content (AvgIpc) is 3.39. The average molecular weight is 619 g/mol. The minimum atomic E-state index is -4.51. The van der Waals surface area contributed by atoms with Gasteiger partial charge in [-0.2, -0.15) is 13.2 Å². The zero-order valence-corrected chi connectivity index (χ0v) is 22.4. The Bertz CT molecular complexity index is 1590. The summed E-state index contributed by atoms with van der Waals surface area (Å²) in [6, 6.07) is 13.4. The second-order valence-electron chi connectivity index (χ2n) is 7.41. The molecule has 0 N–H and O–H groups in total. The Morgan fingerprint density at radius 2 is 1.16 bits per heavy atom. The van der Waals surface area contributed by atoms with E-state index in [4.69, 9.17) is 58.0 Å². The number of aromatic nitrogens is 6. The van der Waals surface area contributed by atoms with Gasteiger partial charge >= 0.3 is 6.18 Å². The lowest BCUT2D eigenvalue weighted by Crippen LogP contribution is -2.05. The fourth-order valence-electron chi connectivity index (χ4n) is 3.04. The number of hydrogen-bond acceptors (Lipinski definition) is 5. The van der Waals surface area contributed by atoms with Gasteiger partial charge in [-0.1, -0.05) is 70.1 Å².